The molecule has 6 rings (SSSR count). The van der Waals surface area contributed by atoms with E-state index in [0.29, 0.717) is 40.9 Å². The van der Waals surface area contributed by atoms with Crippen LogP contribution >= 0.6 is 0 Å². The molecule has 2 saturated heterocycles. The number of hydrogen-bond donors (Lipinski definition) is 4. The standard InChI is InChI=1S/C23H28N2O7.C21H26N2O6/c1-12(26)18-17-10-16(14-6-8-15(9-7-14)24-13(2)27)19(25(17)20(18)28)21(29)31-11-32-22(30)23(3,4)5;1-11(24)16-15-9-14(12-5-7-13(22)8-6-12)17(23(15)18(16)25)19(26)28-10-29-20(27)21(2,3)4/h6-9,12,17-18,26H,10-11H2,1-5H3,(H,24,27);5-8,11,15-16,24H,9-10,22H2,1-4H3/t12-,17-,18-;11-,15-,16-/m11/s1. The number of nitrogens with one attached hydrogen (secondary N) is 1. The molecule has 2 fully saturated rings. The van der Waals surface area contributed by atoms with Gasteiger partial charge in [0.1, 0.15) is 11.4 Å². The van der Waals surface area contributed by atoms with Gasteiger partial charge in [-0.2, -0.15) is 0 Å². The zero-order chi connectivity index (χ0) is 45.3. The number of anilines is 2. The Bertz CT molecular complexity index is 2140. The summed E-state index contributed by atoms with van der Waals surface area (Å²) in [4.78, 5) is 88.6. The maximum Gasteiger partial charge on any atom is 0.358 e. The van der Waals surface area contributed by atoms with Gasteiger partial charge < -0.3 is 50.0 Å². The molecule has 0 aliphatic carbocycles. The van der Waals surface area contributed by atoms with Crippen LogP contribution in [0.2, 0.25) is 0 Å². The molecule has 0 saturated carbocycles. The van der Waals surface area contributed by atoms with Gasteiger partial charge in [0.05, 0.1) is 47.0 Å². The monoisotopic (exact) mass is 846 g/mol. The van der Waals surface area contributed by atoms with Crippen LogP contribution in [0.3, 0.4) is 0 Å². The van der Waals surface area contributed by atoms with Gasteiger partial charge >= 0.3 is 23.9 Å². The Hall–Kier alpha value is -6.07. The number of β-lactam (4-membered cyclic amide) rings is 2. The molecule has 17 heteroatoms. The van der Waals surface area contributed by atoms with E-state index in [1.807, 2.05) is 0 Å². The van der Waals surface area contributed by atoms with Crippen molar-refractivity contribution in [2.24, 2.45) is 22.7 Å². The van der Waals surface area contributed by atoms with Crippen molar-refractivity contribution in [2.75, 3.05) is 24.6 Å². The van der Waals surface area contributed by atoms with Crippen LogP contribution in [0, 0.1) is 22.7 Å². The van der Waals surface area contributed by atoms with E-state index in [0.717, 1.165) is 5.56 Å². The molecule has 0 unspecified atom stereocenters. The number of esters is 4. The number of nitrogens with two attached hydrogens (primary N) is 1. The lowest BCUT2D eigenvalue weighted by atomic mass is 9.82. The molecule has 4 aliphatic rings. The molecule has 328 valence electrons. The van der Waals surface area contributed by atoms with E-state index in [9.17, 15) is 43.8 Å². The van der Waals surface area contributed by atoms with Crippen molar-refractivity contribution in [3.05, 3.63) is 71.1 Å². The summed E-state index contributed by atoms with van der Waals surface area (Å²) in [6.07, 6.45) is -0.889. The summed E-state index contributed by atoms with van der Waals surface area (Å²) in [6.45, 7) is 13.5. The van der Waals surface area contributed by atoms with Gasteiger partial charge in [0.25, 0.3) is 0 Å². The number of benzene rings is 2. The summed E-state index contributed by atoms with van der Waals surface area (Å²) < 4.78 is 20.3. The molecule has 0 spiro atoms. The van der Waals surface area contributed by atoms with Crippen LogP contribution in [0.15, 0.2) is 59.9 Å². The number of rotatable bonds is 11. The number of aliphatic hydroxyl groups excluding tert-OH is 2. The normalized spacial score (nSPS) is 21.5. The number of hydrogen-bond acceptors (Lipinski definition) is 14. The van der Waals surface area contributed by atoms with Crippen LogP contribution < -0.4 is 11.1 Å². The molecule has 2 aromatic carbocycles. The molecule has 17 nitrogen and oxygen atoms in total. The number of amides is 3. The minimum atomic E-state index is -0.852. The first-order valence-corrected chi connectivity index (χ1v) is 19.8. The number of aliphatic hydroxyl groups is 2. The fourth-order valence-corrected chi connectivity index (χ4v) is 7.52. The summed E-state index contributed by atoms with van der Waals surface area (Å²) in [5, 5.41) is 22.6. The quantitative estimate of drug-likeness (QED) is 0.109. The molecule has 0 bridgehead atoms. The predicted molar refractivity (Wildman–Crippen MR) is 219 cm³/mol. The Kier molecular flexibility index (Phi) is 13.5. The Balaban J connectivity index is 0.000000232. The van der Waals surface area contributed by atoms with Crippen LogP contribution in [0.1, 0.15) is 86.3 Å². The highest BCUT2D eigenvalue weighted by Crippen LogP contribution is 2.48. The van der Waals surface area contributed by atoms with Crippen molar-refractivity contribution in [3.63, 3.8) is 0 Å². The lowest BCUT2D eigenvalue weighted by Crippen LogP contribution is -2.61. The van der Waals surface area contributed by atoms with Gasteiger partial charge in [-0.1, -0.05) is 24.3 Å². The van der Waals surface area contributed by atoms with E-state index in [-0.39, 0.29) is 41.2 Å². The van der Waals surface area contributed by atoms with Crippen molar-refractivity contribution in [1.82, 2.24) is 9.80 Å². The number of nitrogen functional groups attached to an aromatic ring is 1. The largest absolute Gasteiger partial charge is 0.427 e. The van der Waals surface area contributed by atoms with Crippen LogP contribution in [-0.4, -0.2) is 99.5 Å². The van der Waals surface area contributed by atoms with Gasteiger partial charge in [0, 0.05) is 18.3 Å². The number of carbonyl (C=O) groups is 7. The fourth-order valence-electron chi connectivity index (χ4n) is 7.52. The van der Waals surface area contributed by atoms with E-state index < -0.39 is 72.3 Å². The van der Waals surface area contributed by atoms with Crippen LogP contribution in [0.5, 0.6) is 0 Å². The summed E-state index contributed by atoms with van der Waals surface area (Å²) in [6, 6.07) is 13.2. The zero-order valence-electron chi connectivity index (χ0n) is 35.8. The molecule has 6 atom stereocenters. The van der Waals surface area contributed by atoms with E-state index in [1.165, 1.54) is 16.7 Å². The van der Waals surface area contributed by atoms with Gasteiger partial charge in [0.2, 0.25) is 31.3 Å². The average Bonchev–Trinajstić information content (AvgIpc) is 3.68. The van der Waals surface area contributed by atoms with Crippen LogP contribution in [-0.2, 0) is 52.5 Å². The molecule has 4 aliphatic heterocycles. The molecular weight excluding hydrogens is 792 g/mol. The third kappa shape index (κ3) is 9.78. The summed E-state index contributed by atoms with van der Waals surface area (Å²) in [7, 11) is 0. The first-order valence-electron chi connectivity index (χ1n) is 19.8. The molecule has 5 N–H and O–H groups in total. The lowest BCUT2D eigenvalue weighted by molar-refractivity contribution is -0.175. The van der Waals surface area contributed by atoms with Gasteiger partial charge in [-0.05, 0) is 115 Å². The maximum atomic E-state index is 12.9. The zero-order valence-corrected chi connectivity index (χ0v) is 35.8. The van der Waals surface area contributed by atoms with Crippen molar-refractivity contribution >= 4 is 64.1 Å². The fraction of sp³-hybridized carbons (Fsp3) is 0.477. The molecule has 0 aromatic heterocycles. The predicted octanol–water partition coefficient (Wildman–Crippen LogP) is 3.74. The van der Waals surface area contributed by atoms with E-state index in [4.69, 9.17) is 24.7 Å². The van der Waals surface area contributed by atoms with Gasteiger partial charge in [-0.15, -0.1) is 0 Å². The molecular formula is C44H54N4O13. The molecule has 2 aromatic rings. The van der Waals surface area contributed by atoms with Gasteiger partial charge in [0.15, 0.2) is 0 Å². The highest BCUT2D eigenvalue weighted by Gasteiger charge is 2.58. The lowest BCUT2D eigenvalue weighted by Gasteiger charge is -2.44. The highest BCUT2D eigenvalue weighted by molar-refractivity contribution is 6.08. The second-order valence-corrected chi connectivity index (χ2v) is 17.5. The van der Waals surface area contributed by atoms with E-state index >= 15 is 0 Å². The Morgan fingerprint density at radius 3 is 1.36 bits per heavy atom. The third-order valence-corrected chi connectivity index (χ3v) is 10.6. The molecule has 61 heavy (non-hydrogen) atoms. The van der Waals surface area contributed by atoms with Crippen molar-refractivity contribution in [2.45, 2.75) is 99.4 Å². The summed E-state index contributed by atoms with van der Waals surface area (Å²) in [5.74, 6) is -4.62. The SMILES string of the molecule is CC(=O)Nc1ccc(C2=C(C(=O)OCOC(=O)C(C)(C)C)N3C(=O)[C@H]([C@@H](C)O)[C@H]3C2)cc1.C[C@@H](O)[C@H]1C(=O)N2C(C(=O)OCOC(=O)C(C)(C)C)=C(c3ccc(N)cc3)C[C@H]12. The van der Waals surface area contributed by atoms with Crippen molar-refractivity contribution in [1.29, 1.82) is 0 Å². The second-order valence-electron chi connectivity index (χ2n) is 17.5. The van der Waals surface area contributed by atoms with E-state index in [2.05, 4.69) is 5.32 Å². The number of ether oxygens (including phenoxy) is 4. The van der Waals surface area contributed by atoms with Gasteiger partial charge in [-0.3, -0.25) is 24.0 Å². The smallest absolute Gasteiger partial charge is 0.358 e. The van der Waals surface area contributed by atoms with E-state index in [1.54, 1.807) is 104 Å². The minimum absolute atomic E-state index is 0.0796. The van der Waals surface area contributed by atoms with Crippen LogP contribution in [0.4, 0.5) is 11.4 Å². The second kappa shape index (κ2) is 17.9. The molecule has 4 heterocycles. The van der Waals surface area contributed by atoms with Crippen molar-refractivity contribution in [3.8, 4) is 0 Å². The molecule has 0 radical (unpaired) electrons. The number of fused-ring (bicyclic) bond motifs is 2. The first-order chi connectivity index (χ1) is 28.4. The Labute approximate surface area is 353 Å². The minimum Gasteiger partial charge on any atom is -0.427 e. The molecule has 3 amide bonds. The summed E-state index contributed by atoms with van der Waals surface area (Å²) >= 11 is 0. The third-order valence-electron chi connectivity index (χ3n) is 10.6. The maximum absolute atomic E-state index is 12.9. The highest BCUT2D eigenvalue weighted by atomic mass is 16.7. The average molecular weight is 847 g/mol. The van der Waals surface area contributed by atoms with Gasteiger partial charge in [-0.25, -0.2) is 9.59 Å². The number of nitrogens with zero attached hydrogens (tertiary/aromatic N) is 2. The number of carbonyl (C=O) groups excluding carboxylic acids is 7. The Morgan fingerprint density at radius 1 is 0.672 bits per heavy atom. The Morgan fingerprint density at radius 2 is 1.03 bits per heavy atom. The first kappa shape index (κ1) is 46.0. The summed E-state index contributed by atoms with van der Waals surface area (Å²) in [5.41, 5.74) is 8.30. The topological polar surface area (TPSA) is 241 Å². The van der Waals surface area contributed by atoms with Crippen LogP contribution in [0.25, 0.3) is 11.1 Å². The van der Waals surface area contributed by atoms with Crippen molar-refractivity contribution < 1.29 is 62.7 Å².